The average molecular weight is 316 g/mol. The number of carbonyl (C=O) groups is 1. The number of nitrogens with zero attached hydrogens (tertiary/aromatic N) is 3. The molecule has 0 saturated heterocycles. The van der Waals surface area contributed by atoms with Crippen molar-refractivity contribution in [1.29, 1.82) is 0 Å². The lowest BCUT2D eigenvalue weighted by Gasteiger charge is -2.15. The van der Waals surface area contributed by atoms with Gasteiger partial charge >= 0.3 is 5.97 Å². The highest BCUT2D eigenvalue weighted by molar-refractivity contribution is 6.31. The van der Waals surface area contributed by atoms with E-state index in [0.717, 1.165) is 5.56 Å². The lowest BCUT2D eigenvalue weighted by molar-refractivity contribution is -0.140. The van der Waals surface area contributed by atoms with Crippen molar-refractivity contribution in [3.05, 3.63) is 47.6 Å². The Morgan fingerprint density at radius 2 is 2.09 bits per heavy atom. The number of pyridine rings is 1. The van der Waals surface area contributed by atoms with E-state index >= 15 is 0 Å². The molecule has 1 N–H and O–H groups in total. The Hall–Kier alpha value is -2.40. The van der Waals surface area contributed by atoms with Crippen LogP contribution in [0.2, 0.25) is 5.02 Å². The Morgan fingerprint density at radius 1 is 1.36 bits per heavy atom. The third kappa shape index (κ3) is 2.44. The van der Waals surface area contributed by atoms with Gasteiger partial charge in [-0.15, -0.1) is 0 Å². The predicted molar refractivity (Wildman–Crippen MR) is 84.9 cm³/mol. The lowest BCUT2D eigenvalue weighted by atomic mass is 10.1. The molecule has 2 heterocycles. The van der Waals surface area contributed by atoms with Crippen molar-refractivity contribution in [1.82, 2.24) is 14.5 Å². The molecule has 0 amide bonds. The normalized spacial score (nSPS) is 12.5. The summed E-state index contributed by atoms with van der Waals surface area (Å²) in [5.74, 6) is -0.324. The number of benzene rings is 1. The monoisotopic (exact) mass is 315 g/mol. The highest BCUT2D eigenvalue weighted by atomic mass is 35.5. The number of carboxylic acid groups (broad SMARTS) is 1. The zero-order valence-electron chi connectivity index (χ0n) is 11.9. The van der Waals surface area contributed by atoms with Gasteiger partial charge < -0.3 is 5.11 Å². The van der Waals surface area contributed by atoms with Gasteiger partial charge in [0.15, 0.2) is 5.65 Å². The Balaban J connectivity index is 2.33. The number of hydrogen-bond donors (Lipinski definition) is 1. The summed E-state index contributed by atoms with van der Waals surface area (Å²) in [5.41, 5.74) is 1.96. The lowest BCUT2D eigenvalue weighted by Crippen LogP contribution is -2.19. The maximum Gasteiger partial charge on any atom is 0.326 e. The fourth-order valence-electron chi connectivity index (χ4n) is 2.51. The molecule has 3 aromatic rings. The van der Waals surface area contributed by atoms with Gasteiger partial charge in [0.25, 0.3) is 0 Å². The van der Waals surface area contributed by atoms with Gasteiger partial charge in [-0.25, -0.2) is 14.8 Å². The minimum Gasteiger partial charge on any atom is -0.480 e. The second-order valence-corrected chi connectivity index (χ2v) is 5.37. The Morgan fingerprint density at radius 3 is 2.73 bits per heavy atom. The number of imidazole rings is 1. The van der Waals surface area contributed by atoms with Gasteiger partial charge in [0.1, 0.15) is 17.4 Å². The summed E-state index contributed by atoms with van der Waals surface area (Å²) >= 11 is 5.97. The first kappa shape index (κ1) is 14.5. The van der Waals surface area contributed by atoms with Crippen molar-refractivity contribution >= 4 is 28.7 Å². The number of aliphatic carboxylic acids is 1. The highest BCUT2D eigenvalue weighted by Gasteiger charge is 2.25. The SMILES string of the molecule is CCC(C(=O)O)n1c(-c2ccccc2)nc2cc(Cl)cnc21. The van der Waals surface area contributed by atoms with Crippen LogP contribution in [0.4, 0.5) is 0 Å². The van der Waals surface area contributed by atoms with E-state index in [2.05, 4.69) is 9.97 Å². The number of hydrogen-bond acceptors (Lipinski definition) is 3. The molecule has 22 heavy (non-hydrogen) atoms. The standard InChI is InChI=1S/C16H14ClN3O2/c1-2-13(16(21)22)20-14(10-6-4-3-5-7-10)19-12-8-11(17)9-18-15(12)20/h3-9,13H,2H2,1H3,(H,21,22). The number of aromatic nitrogens is 3. The summed E-state index contributed by atoms with van der Waals surface area (Å²) in [4.78, 5) is 20.5. The van der Waals surface area contributed by atoms with Crippen LogP contribution in [0.5, 0.6) is 0 Å². The maximum absolute atomic E-state index is 11.6. The van der Waals surface area contributed by atoms with Crippen LogP contribution in [-0.4, -0.2) is 25.6 Å². The first-order chi connectivity index (χ1) is 10.6. The molecule has 1 unspecified atom stereocenters. The highest BCUT2D eigenvalue weighted by Crippen LogP contribution is 2.29. The molecule has 0 fully saturated rings. The molecule has 0 aliphatic carbocycles. The summed E-state index contributed by atoms with van der Waals surface area (Å²) < 4.78 is 1.67. The quantitative estimate of drug-likeness (QED) is 0.795. The number of carboxylic acids is 1. The molecule has 3 rings (SSSR count). The second kappa shape index (κ2) is 5.77. The van der Waals surface area contributed by atoms with E-state index < -0.39 is 12.0 Å². The van der Waals surface area contributed by atoms with Crippen LogP contribution in [0.15, 0.2) is 42.6 Å². The van der Waals surface area contributed by atoms with Crippen LogP contribution in [-0.2, 0) is 4.79 Å². The Bertz CT molecular complexity index is 830. The number of fused-ring (bicyclic) bond motifs is 1. The average Bonchev–Trinajstić information content (AvgIpc) is 2.87. The molecule has 1 aromatic carbocycles. The van der Waals surface area contributed by atoms with Crippen molar-refractivity contribution in [2.24, 2.45) is 0 Å². The molecule has 6 heteroatoms. The molecule has 1 atom stereocenters. The van der Waals surface area contributed by atoms with Gasteiger partial charge in [0.2, 0.25) is 0 Å². The second-order valence-electron chi connectivity index (χ2n) is 4.93. The predicted octanol–water partition coefficient (Wildman–Crippen LogP) is 3.79. The topological polar surface area (TPSA) is 68.0 Å². The van der Waals surface area contributed by atoms with Crippen molar-refractivity contribution in [2.75, 3.05) is 0 Å². The molecule has 0 aliphatic heterocycles. The van der Waals surface area contributed by atoms with E-state index in [0.29, 0.717) is 28.4 Å². The Labute approximate surface area is 132 Å². The van der Waals surface area contributed by atoms with Gasteiger partial charge in [0.05, 0.1) is 5.02 Å². The largest absolute Gasteiger partial charge is 0.480 e. The van der Waals surface area contributed by atoms with Gasteiger partial charge in [-0.2, -0.15) is 0 Å². The fraction of sp³-hybridized carbons (Fsp3) is 0.188. The summed E-state index contributed by atoms with van der Waals surface area (Å²) in [6.45, 7) is 1.83. The van der Waals surface area contributed by atoms with Gasteiger partial charge in [-0.1, -0.05) is 48.9 Å². The van der Waals surface area contributed by atoms with E-state index in [1.165, 1.54) is 6.20 Å². The summed E-state index contributed by atoms with van der Waals surface area (Å²) in [6, 6.07) is 10.4. The van der Waals surface area contributed by atoms with Crippen molar-refractivity contribution < 1.29 is 9.90 Å². The number of rotatable bonds is 4. The Kier molecular flexibility index (Phi) is 3.81. The van der Waals surface area contributed by atoms with Gasteiger partial charge in [-0.05, 0) is 12.5 Å². The molecule has 0 aliphatic rings. The van der Waals surface area contributed by atoms with Gasteiger partial charge in [-0.3, -0.25) is 4.57 Å². The van der Waals surface area contributed by atoms with Crippen LogP contribution in [0.3, 0.4) is 0 Å². The van der Waals surface area contributed by atoms with Crippen LogP contribution >= 0.6 is 11.6 Å². The zero-order chi connectivity index (χ0) is 15.7. The summed E-state index contributed by atoms with van der Waals surface area (Å²) in [7, 11) is 0. The summed E-state index contributed by atoms with van der Waals surface area (Å²) in [6.07, 6.45) is 1.94. The minimum absolute atomic E-state index is 0.435. The van der Waals surface area contributed by atoms with Crippen LogP contribution in [0, 0.1) is 0 Å². The van der Waals surface area contributed by atoms with E-state index in [-0.39, 0.29) is 0 Å². The fourth-order valence-corrected chi connectivity index (χ4v) is 2.66. The number of halogens is 1. The third-order valence-corrected chi connectivity index (χ3v) is 3.72. The van der Waals surface area contributed by atoms with Crippen molar-refractivity contribution in [2.45, 2.75) is 19.4 Å². The summed E-state index contributed by atoms with van der Waals surface area (Å²) in [5, 5.41) is 10.0. The maximum atomic E-state index is 11.6. The van der Waals surface area contributed by atoms with Crippen LogP contribution in [0.25, 0.3) is 22.6 Å². The van der Waals surface area contributed by atoms with Crippen LogP contribution in [0.1, 0.15) is 19.4 Å². The molecule has 5 nitrogen and oxygen atoms in total. The smallest absolute Gasteiger partial charge is 0.326 e. The van der Waals surface area contributed by atoms with Crippen molar-refractivity contribution in [3.63, 3.8) is 0 Å². The zero-order valence-corrected chi connectivity index (χ0v) is 12.7. The van der Waals surface area contributed by atoms with Crippen molar-refractivity contribution in [3.8, 4) is 11.4 Å². The third-order valence-electron chi connectivity index (χ3n) is 3.51. The van der Waals surface area contributed by atoms with E-state index in [9.17, 15) is 9.90 Å². The van der Waals surface area contributed by atoms with E-state index in [1.807, 2.05) is 37.3 Å². The molecule has 0 radical (unpaired) electrons. The molecule has 0 spiro atoms. The van der Waals surface area contributed by atoms with E-state index in [1.54, 1.807) is 10.6 Å². The minimum atomic E-state index is -0.907. The van der Waals surface area contributed by atoms with Gasteiger partial charge in [0, 0.05) is 11.8 Å². The first-order valence-electron chi connectivity index (χ1n) is 6.93. The molecule has 112 valence electrons. The van der Waals surface area contributed by atoms with Crippen LogP contribution < -0.4 is 0 Å². The van der Waals surface area contributed by atoms with E-state index in [4.69, 9.17) is 11.6 Å². The molecule has 0 bridgehead atoms. The molecular weight excluding hydrogens is 302 g/mol. The molecular formula is C16H14ClN3O2. The first-order valence-corrected chi connectivity index (χ1v) is 7.31. The molecule has 2 aromatic heterocycles. The molecule has 0 saturated carbocycles.